The number of amides is 1. The lowest BCUT2D eigenvalue weighted by Crippen LogP contribution is -2.16. The van der Waals surface area contributed by atoms with E-state index in [9.17, 15) is 14.9 Å². The first-order chi connectivity index (χ1) is 12.5. The Morgan fingerprint density at radius 1 is 1.31 bits per heavy atom. The Balaban J connectivity index is 2.01. The zero-order valence-corrected chi connectivity index (χ0v) is 14.4. The minimum absolute atomic E-state index is 0.0877. The van der Waals surface area contributed by atoms with Crippen LogP contribution in [0, 0.1) is 10.1 Å². The van der Waals surface area contributed by atoms with Crippen molar-refractivity contribution in [1.82, 2.24) is 9.38 Å². The average Bonchev–Trinajstić information content (AvgIpc) is 3.02. The number of nitrogens with one attached hydrogen (secondary N) is 1. The van der Waals surface area contributed by atoms with Crippen molar-refractivity contribution in [3.05, 3.63) is 64.1 Å². The summed E-state index contributed by atoms with van der Waals surface area (Å²) in [5, 5.41) is 13.6. The molecule has 0 aliphatic rings. The molecule has 1 aromatic carbocycles. The smallest absolute Gasteiger partial charge is 0.274 e. The summed E-state index contributed by atoms with van der Waals surface area (Å²) in [6.45, 7) is 4.28. The van der Waals surface area contributed by atoms with Gasteiger partial charge in [0.25, 0.3) is 11.6 Å². The molecular weight excluding hydrogens is 336 g/mol. The number of pyridine rings is 1. The number of non-ortho nitro benzene ring substituents is 1. The number of benzene rings is 1. The van der Waals surface area contributed by atoms with E-state index in [2.05, 4.69) is 10.3 Å². The van der Waals surface area contributed by atoms with Crippen LogP contribution in [-0.4, -0.2) is 26.8 Å². The number of anilines is 1. The van der Waals surface area contributed by atoms with Gasteiger partial charge >= 0.3 is 0 Å². The SMILES string of the molecule is CCOc1cccn2c(C(=O)Nc3cccc([N+](=O)[O-])c3)c(CC)nc12. The Morgan fingerprint density at radius 3 is 2.81 bits per heavy atom. The zero-order chi connectivity index (χ0) is 18.7. The second-order valence-electron chi connectivity index (χ2n) is 5.52. The molecule has 0 radical (unpaired) electrons. The molecule has 1 amide bonds. The van der Waals surface area contributed by atoms with Gasteiger partial charge in [-0.3, -0.25) is 19.3 Å². The number of ether oxygens (including phenoxy) is 1. The summed E-state index contributed by atoms with van der Waals surface area (Å²) in [5.74, 6) is 0.211. The first-order valence-corrected chi connectivity index (χ1v) is 8.23. The minimum atomic E-state index is -0.504. The fraction of sp³-hybridized carbons (Fsp3) is 0.222. The monoisotopic (exact) mass is 354 g/mol. The van der Waals surface area contributed by atoms with Gasteiger partial charge in [0.15, 0.2) is 11.4 Å². The third-order valence-electron chi connectivity index (χ3n) is 3.85. The molecule has 0 fully saturated rings. The maximum atomic E-state index is 12.8. The molecule has 1 N–H and O–H groups in total. The van der Waals surface area contributed by atoms with Gasteiger partial charge < -0.3 is 10.1 Å². The van der Waals surface area contributed by atoms with E-state index < -0.39 is 4.92 Å². The van der Waals surface area contributed by atoms with Crippen molar-refractivity contribution in [2.24, 2.45) is 0 Å². The van der Waals surface area contributed by atoms with Crippen molar-refractivity contribution in [2.45, 2.75) is 20.3 Å². The van der Waals surface area contributed by atoms with Gasteiger partial charge in [0.2, 0.25) is 0 Å². The summed E-state index contributed by atoms with van der Waals surface area (Å²) < 4.78 is 7.26. The molecular formula is C18H18N4O4. The van der Waals surface area contributed by atoms with E-state index in [4.69, 9.17) is 4.74 Å². The van der Waals surface area contributed by atoms with Gasteiger partial charge in [0, 0.05) is 24.0 Å². The van der Waals surface area contributed by atoms with Gasteiger partial charge in [-0.25, -0.2) is 4.98 Å². The molecule has 8 heteroatoms. The summed E-state index contributed by atoms with van der Waals surface area (Å²) in [4.78, 5) is 27.8. The van der Waals surface area contributed by atoms with Crippen LogP contribution >= 0.6 is 0 Å². The second-order valence-corrected chi connectivity index (χ2v) is 5.52. The fourth-order valence-electron chi connectivity index (χ4n) is 2.73. The van der Waals surface area contributed by atoms with Crippen LogP contribution in [0.15, 0.2) is 42.6 Å². The number of imidazole rings is 1. The molecule has 0 saturated heterocycles. The normalized spacial score (nSPS) is 10.7. The van der Waals surface area contributed by atoms with Crippen molar-refractivity contribution in [2.75, 3.05) is 11.9 Å². The zero-order valence-electron chi connectivity index (χ0n) is 14.4. The largest absolute Gasteiger partial charge is 0.490 e. The predicted molar refractivity (Wildman–Crippen MR) is 96.8 cm³/mol. The summed E-state index contributed by atoms with van der Waals surface area (Å²) in [7, 11) is 0. The maximum Gasteiger partial charge on any atom is 0.274 e. The fourth-order valence-corrected chi connectivity index (χ4v) is 2.73. The molecule has 2 aromatic heterocycles. The molecule has 8 nitrogen and oxygen atoms in total. The van der Waals surface area contributed by atoms with Crippen LogP contribution in [0.1, 0.15) is 30.0 Å². The Hall–Kier alpha value is -3.42. The van der Waals surface area contributed by atoms with Gasteiger partial charge in [-0.1, -0.05) is 13.0 Å². The van der Waals surface area contributed by atoms with E-state index in [1.54, 1.807) is 28.8 Å². The molecule has 0 atom stereocenters. The lowest BCUT2D eigenvalue weighted by atomic mass is 10.2. The van der Waals surface area contributed by atoms with Gasteiger partial charge in [-0.05, 0) is 31.5 Å². The lowest BCUT2D eigenvalue weighted by Gasteiger charge is -2.08. The molecule has 0 saturated carbocycles. The number of nitro benzene ring substituents is 1. The van der Waals surface area contributed by atoms with Crippen molar-refractivity contribution in [3.8, 4) is 5.75 Å². The number of rotatable bonds is 6. The Labute approximate surface area is 149 Å². The number of hydrogen-bond donors (Lipinski definition) is 1. The van der Waals surface area contributed by atoms with Crippen LogP contribution in [0.5, 0.6) is 5.75 Å². The highest BCUT2D eigenvalue weighted by Crippen LogP contribution is 2.24. The summed E-state index contributed by atoms with van der Waals surface area (Å²) in [5.41, 5.74) is 1.84. The van der Waals surface area contributed by atoms with Crippen molar-refractivity contribution < 1.29 is 14.5 Å². The number of nitrogens with zero attached hydrogens (tertiary/aromatic N) is 3. The van der Waals surface area contributed by atoms with Crippen LogP contribution < -0.4 is 10.1 Å². The third kappa shape index (κ3) is 3.21. The van der Waals surface area contributed by atoms with E-state index >= 15 is 0 Å². The lowest BCUT2D eigenvalue weighted by molar-refractivity contribution is -0.384. The van der Waals surface area contributed by atoms with Crippen LogP contribution in [0.3, 0.4) is 0 Å². The first kappa shape index (κ1) is 17.4. The average molecular weight is 354 g/mol. The molecule has 3 rings (SSSR count). The van der Waals surface area contributed by atoms with Gasteiger partial charge in [-0.2, -0.15) is 0 Å². The number of hydrogen-bond acceptors (Lipinski definition) is 5. The van der Waals surface area contributed by atoms with E-state index in [1.807, 2.05) is 13.8 Å². The van der Waals surface area contributed by atoms with E-state index in [0.29, 0.717) is 41.5 Å². The van der Waals surface area contributed by atoms with Crippen molar-refractivity contribution in [3.63, 3.8) is 0 Å². The third-order valence-corrected chi connectivity index (χ3v) is 3.85. The summed E-state index contributed by atoms with van der Waals surface area (Å²) >= 11 is 0. The Bertz CT molecular complexity index is 980. The van der Waals surface area contributed by atoms with E-state index in [0.717, 1.165) is 0 Å². The van der Waals surface area contributed by atoms with Crippen molar-refractivity contribution in [1.29, 1.82) is 0 Å². The second kappa shape index (κ2) is 7.22. The highest BCUT2D eigenvalue weighted by atomic mass is 16.6. The number of nitro groups is 1. The number of fused-ring (bicyclic) bond motifs is 1. The molecule has 0 aliphatic carbocycles. The minimum Gasteiger partial charge on any atom is -0.490 e. The number of carbonyl (C=O) groups is 1. The van der Waals surface area contributed by atoms with Crippen LogP contribution in [0.4, 0.5) is 11.4 Å². The standard InChI is InChI=1S/C18H18N4O4/c1-3-14-16(21-10-6-9-15(26-4-2)17(21)20-14)18(23)19-12-7-5-8-13(11-12)22(24)25/h5-11H,3-4H2,1-2H3,(H,19,23). The van der Waals surface area contributed by atoms with Gasteiger partial charge in [0.1, 0.15) is 5.69 Å². The molecule has 0 spiro atoms. The van der Waals surface area contributed by atoms with Crippen molar-refractivity contribution >= 4 is 22.9 Å². The molecule has 0 aliphatic heterocycles. The quantitative estimate of drug-likeness (QED) is 0.540. The summed E-state index contributed by atoms with van der Waals surface area (Å²) in [6, 6.07) is 9.40. The number of aryl methyl sites for hydroxylation is 1. The Morgan fingerprint density at radius 2 is 2.12 bits per heavy atom. The molecule has 134 valence electrons. The molecule has 3 aromatic rings. The van der Waals surface area contributed by atoms with Gasteiger partial charge in [0.05, 0.1) is 17.2 Å². The Kier molecular flexibility index (Phi) is 4.83. The number of aromatic nitrogens is 2. The van der Waals surface area contributed by atoms with Gasteiger partial charge in [-0.15, -0.1) is 0 Å². The maximum absolute atomic E-state index is 12.8. The van der Waals surface area contributed by atoms with Crippen LogP contribution in [0.2, 0.25) is 0 Å². The highest BCUT2D eigenvalue weighted by molar-refractivity contribution is 6.04. The topological polar surface area (TPSA) is 98.8 Å². The molecule has 26 heavy (non-hydrogen) atoms. The summed E-state index contributed by atoms with van der Waals surface area (Å²) in [6.07, 6.45) is 2.30. The molecule has 0 unspecified atom stereocenters. The highest BCUT2D eigenvalue weighted by Gasteiger charge is 2.21. The predicted octanol–water partition coefficient (Wildman–Crippen LogP) is 3.46. The van der Waals surface area contributed by atoms with E-state index in [1.165, 1.54) is 18.2 Å². The van der Waals surface area contributed by atoms with Crippen LogP contribution in [-0.2, 0) is 6.42 Å². The molecule has 0 bridgehead atoms. The van der Waals surface area contributed by atoms with Crippen LogP contribution in [0.25, 0.3) is 5.65 Å². The van der Waals surface area contributed by atoms with E-state index in [-0.39, 0.29) is 11.6 Å². The molecule has 2 heterocycles. The number of carbonyl (C=O) groups excluding carboxylic acids is 1. The first-order valence-electron chi connectivity index (χ1n) is 8.23.